The summed E-state index contributed by atoms with van der Waals surface area (Å²) in [4.78, 5) is 10.9. The highest BCUT2D eigenvalue weighted by atomic mass is 32.2. The molecule has 0 saturated carbocycles. The number of carbonyl (C=O) groups excluding carboxylic acids is 1. The standard InChI is InChI=1S/C8H15NO4S/c1-2-3-5-8(10)9-6-4-7-14(11,12)13/h3,5H,2,4,6-7H2,1H3,(H,9,10)(H,11,12,13). The maximum atomic E-state index is 10.9. The molecule has 0 aromatic carbocycles. The van der Waals surface area contributed by atoms with Crippen LogP contribution in [0.15, 0.2) is 12.2 Å². The summed E-state index contributed by atoms with van der Waals surface area (Å²) in [6, 6.07) is 0. The van der Waals surface area contributed by atoms with Crippen molar-refractivity contribution in [3.63, 3.8) is 0 Å². The van der Waals surface area contributed by atoms with E-state index >= 15 is 0 Å². The molecule has 14 heavy (non-hydrogen) atoms. The van der Waals surface area contributed by atoms with E-state index in [1.165, 1.54) is 6.08 Å². The lowest BCUT2D eigenvalue weighted by atomic mass is 10.4. The molecular formula is C8H15NO4S. The second-order valence-electron chi connectivity index (χ2n) is 2.74. The smallest absolute Gasteiger partial charge is 0.264 e. The zero-order valence-corrected chi connectivity index (χ0v) is 8.88. The fourth-order valence-electron chi connectivity index (χ4n) is 0.750. The quantitative estimate of drug-likeness (QED) is 0.385. The van der Waals surface area contributed by atoms with E-state index in [1.54, 1.807) is 6.08 Å². The Hall–Kier alpha value is -0.880. The van der Waals surface area contributed by atoms with Crippen LogP contribution in [0.25, 0.3) is 0 Å². The first kappa shape index (κ1) is 13.1. The van der Waals surface area contributed by atoms with Gasteiger partial charge in [0, 0.05) is 6.54 Å². The van der Waals surface area contributed by atoms with Crippen molar-refractivity contribution in [2.24, 2.45) is 0 Å². The van der Waals surface area contributed by atoms with Crippen LogP contribution in [-0.2, 0) is 14.9 Å². The third-order valence-electron chi connectivity index (χ3n) is 1.38. The van der Waals surface area contributed by atoms with E-state index in [4.69, 9.17) is 4.55 Å². The van der Waals surface area contributed by atoms with Gasteiger partial charge in [0.1, 0.15) is 0 Å². The predicted octanol–water partition coefficient (Wildman–Crippen LogP) is 0.347. The van der Waals surface area contributed by atoms with Crippen molar-refractivity contribution in [2.75, 3.05) is 12.3 Å². The van der Waals surface area contributed by atoms with Crippen LogP contribution in [0.2, 0.25) is 0 Å². The molecular weight excluding hydrogens is 206 g/mol. The first-order chi connectivity index (χ1) is 6.45. The van der Waals surface area contributed by atoms with Gasteiger partial charge in [-0.15, -0.1) is 0 Å². The highest BCUT2D eigenvalue weighted by molar-refractivity contribution is 7.85. The van der Waals surface area contributed by atoms with Crippen molar-refractivity contribution in [3.8, 4) is 0 Å². The third-order valence-corrected chi connectivity index (χ3v) is 2.19. The summed E-state index contributed by atoms with van der Waals surface area (Å²) in [5.41, 5.74) is 0. The summed E-state index contributed by atoms with van der Waals surface area (Å²) >= 11 is 0. The van der Waals surface area contributed by atoms with E-state index in [0.29, 0.717) is 0 Å². The topological polar surface area (TPSA) is 83.5 Å². The highest BCUT2D eigenvalue weighted by Gasteiger charge is 2.03. The maximum Gasteiger partial charge on any atom is 0.264 e. The Labute approximate surface area is 83.9 Å². The van der Waals surface area contributed by atoms with Gasteiger partial charge in [0.05, 0.1) is 5.75 Å². The summed E-state index contributed by atoms with van der Waals surface area (Å²) in [6.45, 7) is 2.15. The van der Waals surface area contributed by atoms with Gasteiger partial charge in [0.25, 0.3) is 10.1 Å². The minimum atomic E-state index is -3.91. The minimum Gasteiger partial charge on any atom is -0.353 e. The van der Waals surface area contributed by atoms with Crippen molar-refractivity contribution >= 4 is 16.0 Å². The molecule has 0 unspecified atom stereocenters. The van der Waals surface area contributed by atoms with Crippen LogP contribution in [0.4, 0.5) is 0 Å². The van der Waals surface area contributed by atoms with Crippen LogP contribution >= 0.6 is 0 Å². The van der Waals surface area contributed by atoms with Crippen LogP contribution in [0.1, 0.15) is 19.8 Å². The molecule has 0 aromatic heterocycles. The Kier molecular flexibility index (Phi) is 6.14. The zero-order chi connectivity index (χ0) is 11.0. The average Bonchev–Trinajstić information content (AvgIpc) is 2.07. The molecule has 0 bridgehead atoms. The lowest BCUT2D eigenvalue weighted by molar-refractivity contribution is -0.116. The number of hydrogen-bond donors (Lipinski definition) is 2. The Morgan fingerprint density at radius 3 is 2.64 bits per heavy atom. The summed E-state index contributed by atoms with van der Waals surface area (Å²) in [7, 11) is -3.91. The normalized spacial score (nSPS) is 11.9. The number of amides is 1. The molecule has 0 aliphatic carbocycles. The van der Waals surface area contributed by atoms with Gasteiger partial charge in [-0.3, -0.25) is 9.35 Å². The Balaban J connectivity index is 3.55. The summed E-state index contributed by atoms with van der Waals surface area (Å²) in [5.74, 6) is -0.577. The van der Waals surface area contributed by atoms with Gasteiger partial charge in [-0.1, -0.05) is 13.0 Å². The lowest BCUT2D eigenvalue weighted by Gasteiger charge is -2.00. The van der Waals surface area contributed by atoms with E-state index < -0.39 is 10.1 Å². The molecule has 0 aliphatic rings. The Morgan fingerprint density at radius 2 is 2.14 bits per heavy atom. The summed E-state index contributed by atoms with van der Waals surface area (Å²) in [6.07, 6.45) is 4.09. The molecule has 0 atom stereocenters. The molecule has 0 heterocycles. The maximum absolute atomic E-state index is 10.9. The average molecular weight is 221 g/mol. The second kappa shape index (κ2) is 6.56. The predicted molar refractivity (Wildman–Crippen MR) is 53.5 cm³/mol. The molecule has 0 radical (unpaired) electrons. The van der Waals surface area contributed by atoms with Gasteiger partial charge in [0.2, 0.25) is 5.91 Å². The monoisotopic (exact) mass is 221 g/mol. The molecule has 82 valence electrons. The fraction of sp³-hybridized carbons (Fsp3) is 0.625. The molecule has 6 heteroatoms. The van der Waals surface area contributed by atoms with Crippen molar-refractivity contribution in [1.29, 1.82) is 0 Å². The molecule has 0 spiro atoms. The van der Waals surface area contributed by atoms with Crippen LogP contribution in [0.5, 0.6) is 0 Å². The molecule has 1 amide bonds. The minimum absolute atomic E-state index is 0.213. The van der Waals surface area contributed by atoms with Gasteiger partial charge in [0.15, 0.2) is 0 Å². The van der Waals surface area contributed by atoms with Gasteiger partial charge < -0.3 is 5.32 Å². The second-order valence-corrected chi connectivity index (χ2v) is 4.31. The number of carbonyl (C=O) groups is 1. The molecule has 0 saturated heterocycles. The Morgan fingerprint density at radius 1 is 1.50 bits per heavy atom. The number of allylic oxidation sites excluding steroid dienone is 1. The van der Waals surface area contributed by atoms with Crippen molar-refractivity contribution in [2.45, 2.75) is 19.8 Å². The largest absolute Gasteiger partial charge is 0.353 e. The first-order valence-corrected chi connectivity index (χ1v) is 5.96. The van der Waals surface area contributed by atoms with Gasteiger partial charge in [-0.05, 0) is 18.9 Å². The van der Waals surface area contributed by atoms with Crippen LogP contribution in [-0.4, -0.2) is 31.2 Å². The molecule has 2 N–H and O–H groups in total. The van der Waals surface area contributed by atoms with Crippen molar-refractivity contribution in [3.05, 3.63) is 12.2 Å². The molecule has 0 fully saturated rings. The molecule has 0 aliphatic heterocycles. The van der Waals surface area contributed by atoms with Crippen LogP contribution in [0.3, 0.4) is 0 Å². The van der Waals surface area contributed by atoms with Crippen molar-refractivity contribution < 1.29 is 17.8 Å². The molecule has 0 aromatic rings. The number of hydrogen-bond acceptors (Lipinski definition) is 3. The number of nitrogens with one attached hydrogen (secondary N) is 1. The fourth-order valence-corrected chi connectivity index (χ4v) is 1.26. The van der Waals surface area contributed by atoms with E-state index in [-0.39, 0.29) is 24.6 Å². The van der Waals surface area contributed by atoms with Crippen LogP contribution < -0.4 is 5.32 Å². The number of rotatable bonds is 6. The van der Waals surface area contributed by atoms with E-state index in [1.807, 2.05) is 6.92 Å². The molecule has 5 nitrogen and oxygen atoms in total. The lowest BCUT2D eigenvalue weighted by Crippen LogP contribution is -2.23. The van der Waals surface area contributed by atoms with E-state index in [0.717, 1.165) is 6.42 Å². The summed E-state index contributed by atoms with van der Waals surface area (Å²) in [5, 5.41) is 2.49. The third kappa shape index (κ3) is 9.21. The van der Waals surface area contributed by atoms with Gasteiger partial charge in [-0.2, -0.15) is 8.42 Å². The summed E-state index contributed by atoms with van der Waals surface area (Å²) < 4.78 is 28.9. The first-order valence-electron chi connectivity index (χ1n) is 4.35. The van der Waals surface area contributed by atoms with E-state index in [2.05, 4.69) is 5.32 Å². The van der Waals surface area contributed by atoms with Crippen LogP contribution in [0, 0.1) is 0 Å². The molecule has 0 rings (SSSR count). The Bertz CT molecular complexity index is 294. The highest BCUT2D eigenvalue weighted by Crippen LogP contribution is 1.87. The van der Waals surface area contributed by atoms with E-state index in [9.17, 15) is 13.2 Å². The zero-order valence-electron chi connectivity index (χ0n) is 8.06. The SMILES string of the molecule is CCC=CC(=O)NCCCS(=O)(=O)O. The van der Waals surface area contributed by atoms with Gasteiger partial charge >= 0.3 is 0 Å². The van der Waals surface area contributed by atoms with Gasteiger partial charge in [-0.25, -0.2) is 0 Å². The van der Waals surface area contributed by atoms with Crippen molar-refractivity contribution in [1.82, 2.24) is 5.32 Å².